The Labute approximate surface area is 105 Å². The second-order valence-electron chi connectivity index (χ2n) is 3.89. The van der Waals surface area contributed by atoms with Crippen molar-refractivity contribution in [1.29, 1.82) is 0 Å². The first kappa shape index (κ1) is 12.3. The summed E-state index contributed by atoms with van der Waals surface area (Å²) in [5, 5.41) is 13.8. The molecular formula is C13H14N2O3. The average Bonchev–Trinajstić information content (AvgIpc) is 2.77. The number of hydrogen-bond donors (Lipinski definition) is 1. The maximum absolute atomic E-state index is 10.6. The van der Waals surface area contributed by atoms with E-state index in [1.807, 2.05) is 30.3 Å². The molecule has 18 heavy (non-hydrogen) atoms. The van der Waals surface area contributed by atoms with Crippen molar-refractivity contribution in [3.63, 3.8) is 0 Å². The van der Waals surface area contributed by atoms with E-state index in [0.717, 1.165) is 5.56 Å². The molecule has 1 unspecified atom stereocenters. The molecule has 0 aliphatic heterocycles. The predicted molar refractivity (Wildman–Crippen MR) is 65.5 cm³/mol. The van der Waals surface area contributed by atoms with Crippen molar-refractivity contribution in [2.45, 2.75) is 6.10 Å². The van der Waals surface area contributed by atoms with Crippen molar-refractivity contribution in [1.82, 2.24) is 9.78 Å². The number of rotatable bonds is 5. The Morgan fingerprint density at radius 2 is 2.17 bits per heavy atom. The molecule has 1 heterocycles. The summed E-state index contributed by atoms with van der Waals surface area (Å²) in [7, 11) is 1.68. The number of carbonyl (C=O) groups is 1. The molecule has 0 saturated carbocycles. The molecule has 1 aromatic carbocycles. The first-order valence-electron chi connectivity index (χ1n) is 5.55. The van der Waals surface area contributed by atoms with Crippen molar-refractivity contribution in [2.24, 2.45) is 7.05 Å². The third kappa shape index (κ3) is 2.75. The van der Waals surface area contributed by atoms with Gasteiger partial charge < -0.3 is 9.84 Å². The number of aliphatic hydroxyl groups excluding tert-OH is 1. The second-order valence-corrected chi connectivity index (χ2v) is 3.89. The topological polar surface area (TPSA) is 64.4 Å². The fourth-order valence-corrected chi connectivity index (χ4v) is 1.60. The molecule has 94 valence electrons. The molecule has 2 aromatic rings. The summed E-state index contributed by atoms with van der Waals surface area (Å²) < 4.78 is 6.89. The van der Waals surface area contributed by atoms with E-state index < -0.39 is 6.10 Å². The first-order chi connectivity index (χ1) is 8.70. The molecule has 0 aliphatic rings. The van der Waals surface area contributed by atoms with Gasteiger partial charge in [0.25, 0.3) is 0 Å². The number of aryl methyl sites for hydroxylation is 1. The quantitative estimate of drug-likeness (QED) is 0.809. The number of carbonyl (C=O) groups excluding carboxylic acids is 1. The summed E-state index contributed by atoms with van der Waals surface area (Å²) >= 11 is 0. The Morgan fingerprint density at radius 3 is 2.78 bits per heavy atom. The highest BCUT2D eigenvalue weighted by Crippen LogP contribution is 2.16. The molecule has 0 bridgehead atoms. The highest BCUT2D eigenvalue weighted by Gasteiger charge is 2.10. The highest BCUT2D eigenvalue weighted by atomic mass is 16.5. The first-order valence-corrected chi connectivity index (χ1v) is 5.55. The lowest BCUT2D eigenvalue weighted by atomic mass is 10.1. The van der Waals surface area contributed by atoms with Gasteiger partial charge in [-0.15, -0.1) is 0 Å². The van der Waals surface area contributed by atoms with Crippen LogP contribution in [0.5, 0.6) is 5.88 Å². The van der Waals surface area contributed by atoms with E-state index >= 15 is 0 Å². The van der Waals surface area contributed by atoms with Crippen LogP contribution in [0.4, 0.5) is 0 Å². The smallest absolute Gasteiger partial charge is 0.212 e. The predicted octanol–water partition coefficient (Wildman–Crippen LogP) is 1.34. The summed E-state index contributed by atoms with van der Waals surface area (Å²) in [6, 6.07) is 10.8. The molecule has 1 aromatic heterocycles. The van der Waals surface area contributed by atoms with E-state index in [4.69, 9.17) is 4.74 Å². The number of aliphatic hydroxyl groups is 1. The largest absolute Gasteiger partial charge is 0.475 e. The fourth-order valence-electron chi connectivity index (χ4n) is 1.60. The lowest BCUT2D eigenvalue weighted by Crippen LogP contribution is -2.11. The molecule has 0 fully saturated rings. The standard InChI is InChI=1S/C13H14N2O3/c1-15-13(7-11(8-16)14-15)18-9-12(17)10-5-3-2-4-6-10/h2-8,12,17H,9H2,1H3. The van der Waals surface area contributed by atoms with Crippen LogP contribution in [0.1, 0.15) is 22.2 Å². The van der Waals surface area contributed by atoms with Gasteiger partial charge >= 0.3 is 0 Å². The van der Waals surface area contributed by atoms with Gasteiger partial charge in [0.15, 0.2) is 6.29 Å². The number of ether oxygens (including phenoxy) is 1. The Morgan fingerprint density at radius 1 is 1.44 bits per heavy atom. The highest BCUT2D eigenvalue weighted by molar-refractivity contribution is 5.72. The summed E-state index contributed by atoms with van der Waals surface area (Å²) in [6.07, 6.45) is -0.0544. The van der Waals surface area contributed by atoms with Crippen LogP contribution >= 0.6 is 0 Å². The van der Waals surface area contributed by atoms with Crippen molar-refractivity contribution < 1.29 is 14.6 Å². The van der Waals surface area contributed by atoms with E-state index in [0.29, 0.717) is 17.9 Å². The number of aldehydes is 1. The molecule has 0 spiro atoms. The van der Waals surface area contributed by atoms with Crippen LogP contribution in [0.2, 0.25) is 0 Å². The molecule has 1 N–H and O–H groups in total. The minimum absolute atomic E-state index is 0.113. The summed E-state index contributed by atoms with van der Waals surface area (Å²) in [5.41, 5.74) is 1.09. The van der Waals surface area contributed by atoms with E-state index in [2.05, 4.69) is 5.10 Å². The normalized spacial score (nSPS) is 12.1. The van der Waals surface area contributed by atoms with Gasteiger partial charge in [0.05, 0.1) is 0 Å². The molecule has 0 saturated heterocycles. The van der Waals surface area contributed by atoms with E-state index in [9.17, 15) is 9.90 Å². The lowest BCUT2D eigenvalue weighted by Gasteiger charge is -2.12. The van der Waals surface area contributed by atoms with Crippen LogP contribution in [0.3, 0.4) is 0 Å². The second kappa shape index (κ2) is 5.46. The Bertz CT molecular complexity index is 522. The van der Waals surface area contributed by atoms with Crippen LogP contribution in [-0.2, 0) is 7.05 Å². The van der Waals surface area contributed by atoms with Crippen LogP contribution in [-0.4, -0.2) is 27.8 Å². The van der Waals surface area contributed by atoms with Crippen LogP contribution in [0.25, 0.3) is 0 Å². The van der Waals surface area contributed by atoms with Gasteiger partial charge in [-0.3, -0.25) is 4.79 Å². The zero-order chi connectivity index (χ0) is 13.0. The number of aromatic nitrogens is 2. The van der Waals surface area contributed by atoms with Gasteiger partial charge in [0.1, 0.15) is 18.4 Å². The molecule has 5 heteroatoms. The number of nitrogens with zero attached hydrogens (tertiary/aromatic N) is 2. The van der Waals surface area contributed by atoms with Gasteiger partial charge in [-0.2, -0.15) is 5.10 Å². The molecular weight excluding hydrogens is 232 g/mol. The third-order valence-corrected chi connectivity index (χ3v) is 2.55. The molecule has 0 amide bonds. The average molecular weight is 246 g/mol. The minimum Gasteiger partial charge on any atom is -0.475 e. The molecule has 2 rings (SSSR count). The SMILES string of the molecule is Cn1nc(C=O)cc1OCC(O)c1ccccc1. The van der Waals surface area contributed by atoms with Crippen molar-refractivity contribution in [3.05, 3.63) is 47.7 Å². The third-order valence-electron chi connectivity index (χ3n) is 2.55. The molecule has 5 nitrogen and oxygen atoms in total. The van der Waals surface area contributed by atoms with Crippen LogP contribution in [0, 0.1) is 0 Å². The van der Waals surface area contributed by atoms with Crippen molar-refractivity contribution in [3.8, 4) is 5.88 Å². The van der Waals surface area contributed by atoms with Gasteiger partial charge in [-0.05, 0) is 5.56 Å². The summed E-state index contributed by atoms with van der Waals surface area (Å²) in [4.78, 5) is 10.6. The van der Waals surface area contributed by atoms with Gasteiger partial charge in [0.2, 0.25) is 5.88 Å². The maximum atomic E-state index is 10.6. The van der Waals surface area contributed by atoms with Gasteiger partial charge in [-0.1, -0.05) is 30.3 Å². The van der Waals surface area contributed by atoms with E-state index in [1.165, 1.54) is 10.7 Å². The maximum Gasteiger partial charge on any atom is 0.212 e. The Hall–Kier alpha value is -2.14. The van der Waals surface area contributed by atoms with Gasteiger partial charge in [0, 0.05) is 13.1 Å². The number of hydrogen-bond acceptors (Lipinski definition) is 4. The van der Waals surface area contributed by atoms with E-state index in [1.54, 1.807) is 7.05 Å². The van der Waals surface area contributed by atoms with Gasteiger partial charge in [-0.25, -0.2) is 4.68 Å². The molecule has 0 radical (unpaired) electrons. The van der Waals surface area contributed by atoms with Crippen LogP contribution in [0.15, 0.2) is 36.4 Å². The van der Waals surface area contributed by atoms with Crippen molar-refractivity contribution in [2.75, 3.05) is 6.61 Å². The zero-order valence-corrected chi connectivity index (χ0v) is 9.98. The molecule has 1 atom stereocenters. The van der Waals surface area contributed by atoms with E-state index in [-0.39, 0.29) is 6.61 Å². The lowest BCUT2D eigenvalue weighted by molar-refractivity contribution is 0.103. The minimum atomic E-state index is -0.708. The molecule has 0 aliphatic carbocycles. The Kier molecular flexibility index (Phi) is 3.74. The Balaban J connectivity index is 1.99. The number of benzene rings is 1. The summed E-state index contributed by atoms with van der Waals surface area (Å²) in [5.74, 6) is 0.451. The zero-order valence-electron chi connectivity index (χ0n) is 9.98. The summed E-state index contributed by atoms with van der Waals surface area (Å²) in [6.45, 7) is 0.113. The fraction of sp³-hybridized carbons (Fsp3) is 0.231. The van der Waals surface area contributed by atoms with Crippen molar-refractivity contribution >= 4 is 6.29 Å². The monoisotopic (exact) mass is 246 g/mol. The van der Waals surface area contributed by atoms with Crippen LogP contribution < -0.4 is 4.74 Å².